The smallest absolute Gasteiger partial charge is 0.234 e. The molecule has 1 aliphatic rings. The van der Waals surface area contributed by atoms with Gasteiger partial charge in [-0.1, -0.05) is 11.8 Å². The quantitative estimate of drug-likeness (QED) is 0.471. The fourth-order valence-corrected chi connectivity index (χ4v) is 4.35. The molecule has 33 heavy (non-hydrogen) atoms. The van der Waals surface area contributed by atoms with Crippen LogP contribution in [0, 0.1) is 5.82 Å². The lowest BCUT2D eigenvalue weighted by Gasteiger charge is -2.15. The molecule has 0 bridgehead atoms. The van der Waals surface area contributed by atoms with Gasteiger partial charge in [-0.3, -0.25) is 9.36 Å². The van der Waals surface area contributed by atoms with Gasteiger partial charge in [0.2, 0.25) is 5.91 Å². The zero-order chi connectivity index (χ0) is 23.2. The standard InChI is InChI=1S/C23H25FN4O4S/c1-30-19-10-9-17(12-20(19)31-2)25-21(29)14-33-23-27-26-22(15-5-7-16(24)8-6-15)28(23)13-18-4-3-11-32-18/h5-10,12,18H,3-4,11,13-14H2,1-2H3,(H,25,29)/t18-/m0/s1. The summed E-state index contributed by atoms with van der Waals surface area (Å²) in [4.78, 5) is 12.6. The van der Waals surface area contributed by atoms with Crippen molar-refractivity contribution in [3.63, 3.8) is 0 Å². The van der Waals surface area contributed by atoms with Crippen LogP contribution in [0.15, 0.2) is 47.6 Å². The van der Waals surface area contributed by atoms with Crippen LogP contribution < -0.4 is 14.8 Å². The number of rotatable bonds is 9. The first-order valence-corrected chi connectivity index (χ1v) is 11.5. The highest BCUT2D eigenvalue weighted by atomic mass is 32.2. The van der Waals surface area contributed by atoms with Crippen LogP contribution >= 0.6 is 11.8 Å². The van der Waals surface area contributed by atoms with E-state index in [-0.39, 0.29) is 23.6 Å². The number of nitrogens with zero attached hydrogens (tertiary/aromatic N) is 3. The van der Waals surface area contributed by atoms with E-state index in [0.717, 1.165) is 25.0 Å². The molecule has 8 nitrogen and oxygen atoms in total. The third-order valence-corrected chi connectivity index (χ3v) is 6.20. The van der Waals surface area contributed by atoms with Crippen molar-refractivity contribution in [2.45, 2.75) is 30.6 Å². The number of ether oxygens (including phenoxy) is 3. The maximum Gasteiger partial charge on any atom is 0.234 e. The molecular weight excluding hydrogens is 447 g/mol. The van der Waals surface area contributed by atoms with Crippen LogP contribution in [0.3, 0.4) is 0 Å². The summed E-state index contributed by atoms with van der Waals surface area (Å²) in [5.74, 6) is 1.37. The maximum atomic E-state index is 13.4. The van der Waals surface area contributed by atoms with Crippen LogP contribution in [0.2, 0.25) is 0 Å². The third-order valence-electron chi connectivity index (χ3n) is 5.23. The average Bonchev–Trinajstić information content (AvgIpc) is 3.48. The van der Waals surface area contributed by atoms with Crippen molar-refractivity contribution in [3.8, 4) is 22.9 Å². The fraction of sp³-hybridized carbons (Fsp3) is 0.348. The van der Waals surface area contributed by atoms with E-state index in [2.05, 4.69) is 15.5 Å². The molecule has 1 N–H and O–H groups in total. The molecule has 1 fully saturated rings. The number of carbonyl (C=O) groups is 1. The number of hydrogen-bond donors (Lipinski definition) is 1. The Kier molecular flexibility index (Phi) is 7.46. The Morgan fingerprint density at radius 2 is 1.97 bits per heavy atom. The van der Waals surface area contributed by atoms with Crippen LogP contribution in [0.5, 0.6) is 11.5 Å². The number of nitrogens with one attached hydrogen (secondary N) is 1. The summed E-state index contributed by atoms with van der Waals surface area (Å²) in [7, 11) is 3.10. The molecule has 0 aliphatic carbocycles. The third kappa shape index (κ3) is 5.63. The van der Waals surface area contributed by atoms with E-state index in [4.69, 9.17) is 14.2 Å². The second-order valence-corrected chi connectivity index (χ2v) is 8.41. The summed E-state index contributed by atoms with van der Waals surface area (Å²) in [5.41, 5.74) is 1.36. The summed E-state index contributed by atoms with van der Waals surface area (Å²) in [6.45, 7) is 1.30. The van der Waals surface area contributed by atoms with E-state index in [0.29, 0.717) is 34.7 Å². The van der Waals surface area contributed by atoms with Gasteiger partial charge < -0.3 is 19.5 Å². The molecule has 10 heteroatoms. The molecule has 0 unspecified atom stereocenters. The zero-order valence-electron chi connectivity index (χ0n) is 18.4. The number of anilines is 1. The van der Waals surface area contributed by atoms with Crippen molar-refractivity contribution >= 4 is 23.4 Å². The van der Waals surface area contributed by atoms with Gasteiger partial charge in [0.1, 0.15) is 5.82 Å². The largest absolute Gasteiger partial charge is 0.493 e. The molecule has 1 aromatic heterocycles. The maximum absolute atomic E-state index is 13.4. The molecule has 1 saturated heterocycles. The van der Waals surface area contributed by atoms with Gasteiger partial charge in [-0.15, -0.1) is 10.2 Å². The molecule has 0 spiro atoms. The molecular formula is C23H25FN4O4S. The summed E-state index contributed by atoms with van der Waals surface area (Å²) in [5, 5.41) is 12.1. The highest BCUT2D eigenvalue weighted by molar-refractivity contribution is 7.99. The summed E-state index contributed by atoms with van der Waals surface area (Å²) >= 11 is 1.29. The molecule has 2 aromatic carbocycles. The Morgan fingerprint density at radius 1 is 1.18 bits per heavy atom. The van der Waals surface area contributed by atoms with Gasteiger partial charge >= 0.3 is 0 Å². The molecule has 1 aliphatic heterocycles. The number of hydrogen-bond acceptors (Lipinski definition) is 7. The summed E-state index contributed by atoms with van der Waals surface area (Å²) in [6, 6.07) is 11.3. The van der Waals surface area contributed by atoms with E-state index in [9.17, 15) is 9.18 Å². The molecule has 174 valence electrons. The molecule has 2 heterocycles. The predicted octanol–water partition coefficient (Wildman–Crippen LogP) is 4.01. The van der Waals surface area contributed by atoms with Gasteiger partial charge in [-0.25, -0.2) is 4.39 Å². The Labute approximate surface area is 195 Å². The lowest BCUT2D eigenvalue weighted by atomic mass is 10.2. The number of carbonyl (C=O) groups excluding carboxylic acids is 1. The lowest BCUT2D eigenvalue weighted by Crippen LogP contribution is -2.18. The minimum Gasteiger partial charge on any atom is -0.493 e. The fourth-order valence-electron chi connectivity index (χ4n) is 3.61. The average molecular weight is 473 g/mol. The van der Waals surface area contributed by atoms with Gasteiger partial charge in [-0.05, 0) is 49.2 Å². The number of aromatic nitrogens is 3. The molecule has 3 aromatic rings. The molecule has 4 rings (SSSR count). The number of halogens is 1. The number of amides is 1. The van der Waals surface area contributed by atoms with Crippen LogP contribution in [-0.2, 0) is 16.1 Å². The first kappa shape index (κ1) is 23.1. The van der Waals surface area contributed by atoms with Crippen molar-refractivity contribution in [1.82, 2.24) is 14.8 Å². The van der Waals surface area contributed by atoms with E-state index in [1.165, 1.54) is 23.9 Å². The monoisotopic (exact) mass is 472 g/mol. The minimum atomic E-state index is -0.314. The van der Waals surface area contributed by atoms with Crippen molar-refractivity contribution in [1.29, 1.82) is 0 Å². The second-order valence-electron chi connectivity index (χ2n) is 7.47. The van der Waals surface area contributed by atoms with Crippen LogP contribution in [-0.4, -0.2) is 53.4 Å². The van der Waals surface area contributed by atoms with Crippen molar-refractivity contribution in [2.24, 2.45) is 0 Å². The zero-order valence-corrected chi connectivity index (χ0v) is 19.2. The van der Waals surface area contributed by atoms with Gasteiger partial charge in [0.15, 0.2) is 22.5 Å². The van der Waals surface area contributed by atoms with E-state index in [1.807, 2.05) is 4.57 Å². The first-order valence-electron chi connectivity index (χ1n) is 10.5. The molecule has 0 saturated carbocycles. The van der Waals surface area contributed by atoms with Crippen molar-refractivity contribution < 1.29 is 23.4 Å². The van der Waals surface area contributed by atoms with Crippen LogP contribution in [0.1, 0.15) is 12.8 Å². The highest BCUT2D eigenvalue weighted by Crippen LogP contribution is 2.30. The Hall–Kier alpha value is -3.11. The first-order chi connectivity index (χ1) is 16.1. The van der Waals surface area contributed by atoms with E-state index >= 15 is 0 Å². The van der Waals surface area contributed by atoms with Gasteiger partial charge in [0, 0.05) is 23.9 Å². The Morgan fingerprint density at radius 3 is 2.67 bits per heavy atom. The molecule has 0 radical (unpaired) electrons. The van der Waals surface area contributed by atoms with E-state index < -0.39 is 0 Å². The minimum absolute atomic E-state index is 0.0557. The topological polar surface area (TPSA) is 87.5 Å². The second kappa shape index (κ2) is 10.7. The van der Waals surface area contributed by atoms with Crippen molar-refractivity contribution in [3.05, 3.63) is 48.3 Å². The number of methoxy groups -OCH3 is 2. The number of benzene rings is 2. The summed E-state index contributed by atoms with van der Waals surface area (Å²) in [6.07, 6.45) is 2.01. The Balaban J connectivity index is 1.47. The lowest BCUT2D eigenvalue weighted by molar-refractivity contribution is -0.113. The summed E-state index contributed by atoms with van der Waals surface area (Å²) < 4.78 is 31.6. The van der Waals surface area contributed by atoms with Crippen LogP contribution in [0.25, 0.3) is 11.4 Å². The van der Waals surface area contributed by atoms with E-state index in [1.54, 1.807) is 44.6 Å². The van der Waals surface area contributed by atoms with Crippen LogP contribution in [0.4, 0.5) is 10.1 Å². The SMILES string of the molecule is COc1ccc(NC(=O)CSc2nnc(-c3ccc(F)cc3)n2C[C@@H]2CCCO2)cc1OC. The molecule has 1 amide bonds. The van der Waals surface area contributed by atoms with Crippen molar-refractivity contribution in [2.75, 3.05) is 31.9 Å². The number of thioether (sulfide) groups is 1. The highest BCUT2D eigenvalue weighted by Gasteiger charge is 2.22. The van der Waals surface area contributed by atoms with Gasteiger partial charge in [-0.2, -0.15) is 0 Å². The molecule has 1 atom stereocenters. The Bertz CT molecular complexity index is 1100. The predicted molar refractivity (Wildman–Crippen MR) is 123 cm³/mol. The normalized spacial score (nSPS) is 15.4. The van der Waals surface area contributed by atoms with Gasteiger partial charge in [0.25, 0.3) is 0 Å². The van der Waals surface area contributed by atoms with Gasteiger partial charge in [0.05, 0.1) is 32.6 Å².